The van der Waals surface area contributed by atoms with Crippen molar-refractivity contribution in [2.75, 3.05) is 13.6 Å². The zero-order valence-corrected chi connectivity index (χ0v) is 23.9. The molecule has 4 saturated carbocycles. The largest absolute Gasteiger partial charge is 0.339 e. The Balaban J connectivity index is 1.31. The van der Waals surface area contributed by atoms with Crippen LogP contribution in [0.2, 0.25) is 0 Å². The Morgan fingerprint density at radius 3 is 1.93 bits per heavy atom. The molecular formula is C35H35N5O2. The standard InChI is InChI=1S/C35H35N5O2/c1-39-32(19-31(41)28-4-2-24(23-36)3-5-28)40(15-10-34-20-25-16-26(21-34)18-27(17-25)22-34)33(42)35(39,29-6-11-37-12-7-29)30-8-13-38-14-9-30/h2-9,11-14,19,25-27H,10,15-18,20-22H2,1H3. The van der Waals surface area contributed by atoms with E-state index in [0.29, 0.717) is 23.5 Å². The molecule has 4 aliphatic carbocycles. The Morgan fingerprint density at radius 1 is 0.905 bits per heavy atom. The highest BCUT2D eigenvalue weighted by Crippen LogP contribution is 2.61. The van der Waals surface area contributed by atoms with Crippen LogP contribution in [0.5, 0.6) is 0 Å². The molecule has 42 heavy (non-hydrogen) atoms. The second-order valence-corrected chi connectivity index (χ2v) is 12.9. The first-order chi connectivity index (χ1) is 20.4. The van der Waals surface area contributed by atoms with Gasteiger partial charge in [-0.2, -0.15) is 5.26 Å². The van der Waals surface area contributed by atoms with Gasteiger partial charge in [-0.1, -0.05) is 0 Å². The van der Waals surface area contributed by atoms with E-state index >= 15 is 0 Å². The summed E-state index contributed by atoms with van der Waals surface area (Å²) in [5.74, 6) is 2.81. The van der Waals surface area contributed by atoms with Gasteiger partial charge < -0.3 is 4.90 Å². The molecule has 0 unspecified atom stereocenters. The molecule has 1 amide bonds. The summed E-state index contributed by atoms with van der Waals surface area (Å²) in [5, 5.41) is 9.21. The minimum atomic E-state index is -1.16. The van der Waals surface area contributed by atoms with Crippen molar-refractivity contribution in [3.05, 3.63) is 107 Å². The normalized spacial score (nSPS) is 28.3. The topological polar surface area (TPSA) is 90.2 Å². The molecule has 3 heterocycles. The first-order valence-corrected chi connectivity index (χ1v) is 15.0. The van der Waals surface area contributed by atoms with E-state index in [9.17, 15) is 14.9 Å². The number of allylic oxidation sites excluding steroid dienone is 1. The molecule has 1 saturated heterocycles. The van der Waals surface area contributed by atoms with Gasteiger partial charge in [0.15, 0.2) is 11.3 Å². The van der Waals surface area contributed by atoms with Crippen LogP contribution in [0, 0.1) is 34.5 Å². The lowest BCUT2D eigenvalue weighted by atomic mass is 9.49. The molecule has 212 valence electrons. The van der Waals surface area contributed by atoms with Crippen molar-refractivity contribution in [3.63, 3.8) is 0 Å². The van der Waals surface area contributed by atoms with Crippen LogP contribution in [-0.4, -0.2) is 45.1 Å². The van der Waals surface area contributed by atoms with Crippen LogP contribution < -0.4 is 0 Å². The van der Waals surface area contributed by atoms with Gasteiger partial charge in [-0.15, -0.1) is 0 Å². The lowest BCUT2D eigenvalue weighted by Gasteiger charge is -2.57. The Morgan fingerprint density at radius 2 is 1.43 bits per heavy atom. The molecule has 0 spiro atoms. The van der Waals surface area contributed by atoms with Crippen molar-refractivity contribution in [1.82, 2.24) is 19.8 Å². The van der Waals surface area contributed by atoms with E-state index in [1.807, 2.05) is 41.1 Å². The number of pyridine rings is 2. The van der Waals surface area contributed by atoms with Crippen LogP contribution in [0.25, 0.3) is 0 Å². The second-order valence-electron chi connectivity index (χ2n) is 12.9. The number of carbonyl (C=O) groups excluding carboxylic acids is 2. The molecule has 5 fully saturated rings. The van der Waals surface area contributed by atoms with Gasteiger partial charge in [0.05, 0.1) is 11.6 Å². The predicted molar refractivity (Wildman–Crippen MR) is 158 cm³/mol. The molecule has 0 radical (unpaired) electrons. The van der Waals surface area contributed by atoms with Gasteiger partial charge in [-0.3, -0.25) is 24.5 Å². The van der Waals surface area contributed by atoms with E-state index in [2.05, 4.69) is 16.0 Å². The molecule has 4 bridgehead atoms. The number of hydrogen-bond acceptors (Lipinski definition) is 6. The number of nitriles is 1. The fraction of sp³-hybridized carbons (Fsp3) is 0.400. The van der Waals surface area contributed by atoms with Gasteiger partial charge in [0, 0.05) is 50.0 Å². The summed E-state index contributed by atoms with van der Waals surface area (Å²) in [6.45, 7) is 0.569. The third-order valence-electron chi connectivity index (χ3n) is 10.5. The van der Waals surface area contributed by atoms with Gasteiger partial charge in [0.1, 0.15) is 5.82 Å². The second kappa shape index (κ2) is 10.2. The number of amides is 1. The highest BCUT2D eigenvalue weighted by atomic mass is 16.2. The molecule has 0 N–H and O–H groups in total. The first kappa shape index (κ1) is 26.6. The van der Waals surface area contributed by atoms with E-state index in [1.165, 1.54) is 38.5 Å². The summed E-state index contributed by atoms with van der Waals surface area (Å²) in [7, 11) is 1.90. The number of nitrogens with zero attached hydrogens (tertiary/aromatic N) is 5. The third kappa shape index (κ3) is 4.24. The third-order valence-corrected chi connectivity index (χ3v) is 10.5. The summed E-state index contributed by atoms with van der Waals surface area (Å²) in [6, 6.07) is 16.3. The molecule has 0 atom stereocenters. The van der Waals surface area contributed by atoms with E-state index in [1.54, 1.807) is 55.1 Å². The van der Waals surface area contributed by atoms with Crippen LogP contribution in [0.3, 0.4) is 0 Å². The van der Waals surface area contributed by atoms with Crippen molar-refractivity contribution in [3.8, 4) is 6.07 Å². The van der Waals surface area contributed by atoms with Crippen molar-refractivity contribution in [2.45, 2.75) is 50.5 Å². The van der Waals surface area contributed by atoms with Gasteiger partial charge >= 0.3 is 0 Å². The number of carbonyl (C=O) groups is 2. The molecule has 1 aliphatic heterocycles. The predicted octanol–water partition coefficient (Wildman–Crippen LogP) is 5.70. The molecule has 3 aromatic rings. The number of rotatable bonds is 7. The highest BCUT2D eigenvalue weighted by Gasteiger charge is 2.57. The highest BCUT2D eigenvalue weighted by molar-refractivity contribution is 6.06. The lowest BCUT2D eigenvalue weighted by molar-refractivity contribution is -0.132. The fourth-order valence-corrected chi connectivity index (χ4v) is 9.03. The van der Waals surface area contributed by atoms with Crippen LogP contribution >= 0.6 is 0 Å². The Labute approximate surface area is 246 Å². The summed E-state index contributed by atoms with van der Waals surface area (Å²) in [5.41, 5.74) is 1.70. The summed E-state index contributed by atoms with van der Waals surface area (Å²) in [6.07, 6.45) is 17.3. The number of likely N-dealkylation sites (N-methyl/N-ethyl adjacent to an activating group) is 1. The lowest BCUT2D eigenvalue weighted by Crippen LogP contribution is -2.48. The van der Waals surface area contributed by atoms with Crippen LogP contribution in [-0.2, 0) is 10.3 Å². The van der Waals surface area contributed by atoms with Gasteiger partial charge in [-0.25, -0.2) is 0 Å². The van der Waals surface area contributed by atoms with Crippen molar-refractivity contribution >= 4 is 11.7 Å². The molecule has 2 aromatic heterocycles. The first-order valence-electron chi connectivity index (χ1n) is 15.0. The molecule has 1 aromatic carbocycles. The summed E-state index contributed by atoms with van der Waals surface area (Å²) < 4.78 is 0. The van der Waals surface area contributed by atoms with E-state index in [4.69, 9.17) is 0 Å². The van der Waals surface area contributed by atoms with E-state index in [-0.39, 0.29) is 17.1 Å². The van der Waals surface area contributed by atoms with Gasteiger partial charge in [0.25, 0.3) is 5.91 Å². The van der Waals surface area contributed by atoms with Crippen molar-refractivity contribution < 1.29 is 9.59 Å². The fourth-order valence-electron chi connectivity index (χ4n) is 9.03. The minimum Gasteiger partial charge on any atom is -0.339 e. The van der Waals surface area contributed by atoms with Gasteiger partial charge in [0.2, 0.25) is 0 Å². The van der Waals surface area contributed by atoms with Crippen LogP contribution in [0.1, 0.15) is 72.0 Å². The molecule has 7 nitrogen and oxygen atoms in total. The smallest absolute Gasteiger partial charge is 0.263 e. The number of hydrogen-bond donors (Lipinski definition) is 0. The van der Waals surface area contributed by atoms with E-state index in [0.717, 1.165) is 35.3 Å². The van der Waals surface area contributed by atoms with E-state index < -0.39 is 5.54 Å². The minimum absolute atomic E-state index is 0.0639. The average Bonchev–Trinajstić information content (AvgIpc) is 3.21. The maximum absolute atomic E-state index is 14.9. The Hall–Kier alpha value is -4.31. The molecule has 8 rings (SSSR count). The number of ketones is 1. The maximum atomic E-state index is 14.9. The SMILES string of the molecule is CN1C(=CC(=O)c2ccc(C#N)cc2)N(CCC23CC4CC(CC(C4)C2)C3)C(=O)C1(c1ccncc1)c1ccncc1. The number of aromatic nitrogens is 2. The van der Waals surface area contributed by atoms with Crippen LogP contribution in [0.4, 0.5) is 0 Å². The maximum Gasteiger partial charge on any atom is 0.263 e. The molecule has 7 heteroatoms. The van der Waals surface area contributed by atoms with Crippen molar-refractivity contribution in [2.24, 2.45) is 23.2 Å². The zero-order valence-electron chi connectivity index (χ0n) is 23.9. The summed E-state index contributed by atoms with van der Waals surface area (Å²) in [4.78, 5) is 40.9. The van der Waals surface area contributed by atoms with Crippen LogP contribution in [0.15, 0.2) is 85.2 Å². The average molecular weight is 558 g/mol. The van der Waals surface area contributed by atoms with Gasteiger partial charge in [-0.05, 0) is 128 Å². The Bertz CT molecular complexity index is 1500. The monoisotopic (exact) mass is 557 g/mol. The number of benzene rings is 1. The molecular weight excluding hydrogens is 522 g/mol. The van der Waals surface area contributed by atoms with Crippen molar-refractivity contribution in [1.29, 1.82) is 5.26 Å². The quantitative estimate of drug-likeness (QED) is 0.274. The molecule has 5 aliphatic rings. The Kier molecular flexibility index (Phi) is 6.46. The zero-order chi connectivity index (χ0) is 28.9. The summed E-state index contributed by atoms with van der Waals surface area (Å²) >= 11 is 0.